The number of anilines is 1. The van der Waals surface area contributed by atoms with Crippen molar-refractivity contribution in [3.05, 3.63) is 24.0 Å². The summed E-state index contributed by atoms with van der Waals surface area (Å²) in [6.45, 7) is 3.00. The van der Waals surface area contributed by atoms with Crippen LogP contribution in [-0.2, 0) is 11.3 Å². The molecule has 86 valence electrons. The number of ether oxygens (including phenoxy) is 1. The molecule has 2 atom stereocenters. The average molecular weight is 219 g/mol. The maximum Gasteiger partial charge on any atom is 0.0707 e. The van der Waals surface area contributed by atoms with Crippen LogP contribution in [0.4, 0.5) is 5.69 Å². The van der Waals surface area contributed by atoms with Crippen molar-refractivity contribution in [1.82, 2.24) is 9.88 Å². The van der Waals surface area contributed by atoms with Gasteiger partial charge in [0.1, 0.15) is 0 Å². The van der Waals surface area contributed by atoms with Gasteiger partial charge in [-0.15, -0.1) is 0 Å². The molecule has 2 unspecified atom stereocenters. The third-order valence-electron chi connectivity index (χ3n) is 3.46. The molecule has 2 bridgehead atoms. The highest BCUT2D eigenvalue weighted by Gasteiger charge is 2.33. The molecule has 3 heterocycles. The van der Waals surface area contributed by atoms with Gasteiger partial charge in [0.05, 0.1) is 24.1 Å². The Kier molecular flexibility index (Phi) is 2.53. The van der Waals surface area contributed by atoms with E-state index in [4.69, 9.17) is 10.5 Å². The molecule has 2 N–H and O–H groups in total. The minimum Gasteiger partial charge on any atom is -0.397 e. The number of rotatable bonds is 2. The number of nitrogens with zero attached hydrogens (tertiary/aromatic N) is 2. The van der Waals surface area contributed by atoms with Crippen LogP contribution in [-0.4, -0.2) is 35.2 Å². The van der Waals surface area contributed by atoms with Crippen LogP contribution in [0, 0.1) is 0 Å². The third kappa shape index (κ3) is 1.90. The van der Waals surface area contributed by atoms with Crippen molar-refractivity contribution in [3.8, 4) is 0 Å². The lowest BCUT2D eigenvalue weighted by atomic mass is 10.2. The molecule has 4 nitrogen and oxygen atoms in total. The fourth-order valence-corrected chi connectivity index (χ4v) is 2.65. The van der Waals surface area contributed by atoms with Gasteiger partial charge >= 0.3 is 0 Å². The molecule has 2 aliphatic rings. The maximum absolute atomic E-state index is 5.90. The second-order valence-electron chi connectivity index (χ2n) is 4.73. The summed E-state index contributed by atoms with van der Waals surface area (Å²) in [6, 6.07) is 2.01. The zero-order valence-corrected chi connectivity index (χ0v) is 9.30. The fraction of sp³-hybridized carbons (Fsp3) is 0.583. The number of pyridine rings is 1. The Hall–Kier alpha value is -1.13. The van der Waals surface area contributed by atoms with E-state index in [1.165, 1.54) is 18.4 Å². The Bertz CT molecular complexity index is 370. The second kappa shape index (κ2) is 4.03. The van der Waals surface area contributed by atoms with E-state index in [1.54, 1.807) is 12.4 Å². The van der Waals surface area contributed by atoms with E-state index in [-0.39, 0.29) is 0 Å². The number of hydrogen-bond acceptors (Lipinski definition) is 4. The Labute approximate surface area is 95.4 Å². The van der Waals surface area contributed by atoms with Crippen molar-refractivity contribution in [2.24, 2.45) is 0 Å². The predicted octanol–water partition coefficient (Wildman–Crippen LogP) is 1.03. The van der Waals surface area contributed by atoms with Gasteiger partial charge in [0.15, 0.2) is 0 Å². The van der Waals surface area contributed by atoms with Crippen LogP contribution >= 0.6 is 0 Å². The summed E-state index contributed by atoms with van der Waals surface area (Å²) in [5, 5.41) is 0. The largest absolute Gasteiger partial charge is 0.397 e. The molecule has 16 heavy (non-hydrogen) atoms. The highest BCUT2D eigenvalue weighted by Crippen LogP contribution is 2.27. The molecule has 3 rings (SSSR count). The van der Waals surface area contributed by atoms with Crippen molar-refractivity contribution in [2.45, 2.75) is 31.6 Å². The average Bonchev–Trinajstić information content (AvgIpc) is 2.62. The van der Waals surface area contributed by atoms with Crippen molar-refractivity contribution in [2.75, 3.05) is 18.8 Å². The first-order valence-corrected chi connectivity index (χ1v) is 5.87. The second-order valence-corrected chi connectivity index (χ2v) is 4.73. The lowest BCUT2D eigenvalue weighted by Gasteiger charge is -2.32. The van der Waals surface area contributed by atoms with Gasteiger partial charge in [-0.3, -0.25) is 9.88 Å². The smallest absolute Gasteiger partial charge is 0.0707 e. The monoisotopic (exact) mass is 219 g/mol. The Morgan fingerprint density at radius 2 is 2.12 bits per heavy atom. The molecule has 2 aliphatic heterocycles. The summed E-state index contributed by atoms with van der Waals surface area (Å²) in [7, 11) is 0. The number of aromatic nitrogens is 1. The van der Waals surface area contributed by atoms with Crippen LogP contribution in [0.3, 0.4) is 0 Å². The molecule has 1 aromatic rings. The van der Waals surface area contributed by atoms with Crippen molar-refractivity contribution in [3.63, 3.8) is 0 Å². The van der Waals surface area contributed by atoms with Gasteiger partial charge in [-0.05, 0) is 24.5 Å². The summed E-state index contributed by atoms with van der Waals surface area (Å²) in [4.78, 5) is 6.45. The number of nitrogen functional groups attached to an aromatic ring is 1. The van der Waals surface area contributed by atoms with Crippen LogP contribution in [0.2, 0.25) is 0 Å². The van der Waals surface area contributed by atoms with E-state index in [0.717, 1.165) is 25.3 Å². The molecule has 0 saturated carbocycles. The molecule has 2 saturated heterocycles. The molecular formula is C12H17N3O. The van der Waals surface area contributed by atoms with Crippen LogP contribution in [0.25, 0.3) is 0 Å². The molecule has 0 amide bonds. The van der Waals surface area contributed by atoms with Crippen LogP contribution in [0.5, 0.6) is 0 Å². The normalized spacial score (nSPS) is 29.5. The first-order valence-electron chi connectivity index (χ1n) is 5.87. The van der Waals surface area contributed by atoms with E-state index in [0.29, 0.717) is 12.2 Å². The molecular weight excluding hydrogens is 202 g/mol. The molecule has 4 heteroatoms. The maximum atomic E-state index is 5.90. The lowest BCUT2D eigenvalue weighted by molar-refractivity contribution is -0.0410. The molecule has 0 aliphatic carbocycles. The fourth-order valence-electron chi connectivity index (χ4n) is 2.65. The molecule has 2 fully saturated rings. The number of hydrogen-bond donors (Lipinski definition) is 1. The van der Waals surface area contributed by atoms with Crippen LogP contribution in [0.15, 0.2) is 18.5 Å². The van der Waals surface area contributed by atoms with Gasteiger partial charge < -0.3 is 10.5 Å². The summed E-state index contributed by atoms with van der Waals surface area (Å²) in [5.41, 5.74) is 7.87. The van der Waals surface area contributed by atoms with E-state index < -0.39 is 0 Å². The molecule has 1 aromatic heterocycles. The highest BCUT2D eigenvalue weighted by molar-refractivity contribution is 5.43. The van der Waals surface area contributed by atoms with E-state index in [9.17, 15) is 0 Å². The quantitative estimate of drug-likeness (QED) is 0.807. The molecule has 0 aromatic carbocycles. The Morgan fingerprint density at radius 1 is 1.38 bits per heavy atom. The minimum absolute atomic E-state index is 0.446. The van der Waals surface area contributed by atoms with Gasteiger partial charge in [-0.1, -0.05) is 0 Å². The zero-order valence-electron chi connectivity index (χ0n) is 9.30. The summed E-state index contributed by atoms with van der Waals surface area (Å²) in [6.07, 6.45) is 6.86. The van der Waals surface area contributed by atoms with E-state index in [2.05, 4.69) is 9.88 Å². The van der Waals surface area contributed by atoms with Gasteiger partial charge in [0.2, 0.25) is 0 Å². The van der Waals surface area contributed by atoms with Gasteiger partial charge in [0, 0.05) is 25.8 Å². The third-order valence-corrected chi connectivity index (χ3v) is 3.46. The predicted molar refractivity (Wildman–Crippen MR) is 61.8 cm³/mol. The highest BCUT2D eigenvalue weighted by atomic mass is 16.5. The SMILES string of the molecule is Nc1cnccc1CN1CC2CCC(C1)O2. The van der Waals surface area contributed by atoms with Crippen LogP contribution in [0.1, 0.15) is 18.4 Å². The van der Waals surface area contributed by atoms with Gasteiger partial charge in [-0.25, -0.2) is 0 Å². The van der Waals surface area contributed by atoms with Crippen LogP contribution < -0.4 is 5.73 Å². The Morgan fingerprint density at radius 3 is 2.81 bits per heavy atom. The zero-order chi connectivity index (χ0) is 11.0. The van der Waals surface area contributed by atoms with Crippen molar-refractivity contribution < 1.29 is 4.74 Å². The summed E-state index contributed by atoms with van der Waals surface area (Å²) >= 11 is 0. The number of fused-ring (bicyclic) bond motifs is 2. The van der Waals surface area contributed by atoms with Gasteiger partial charge in [-0.2, -0.15) is 0 Å². The summed E-state index contributed by atoms with van der Waals surface area (Å²) in [5.74, 6) is 0. The van der Waals surface area contributed by atoms with E-state index >= 15 is 0 Å². The lowest BCUT2D eigenvalue weighted by Crippen LogP contribution is -2.42. The molecule has 0 radical (unpaired) electrons. The topological polar surface area (TPSA) is 51.4 Å². The first-order chi connectivity index (χ1) is 7.81. The number of likely N-dealkylation sites (tertiary alicyclic amines) is 1. The molecule has 0 spiro atoms. The number of morpholine rings is 1. The standard InChI is InChI=1S/C12H17N3O/c13-12-5-14-4-3-9(12)6-15-7-10-1-2-11(8-15)16-10/h3-5,10-11H,1-2,6-8,13H2. The van der Waals surface area contributed by atoms with Crippen molar-refractivity contribution in [1.29, 1.82) is 0 Å². The summed E-state index contributed by atoms with van der Waals surface area (Å²) < 4.78 is 5.81. The van der Waals surface area contributed by atoms with Crippen molar-refractivity contribution >= 4 is 5.69 Å². The minimum atomic E-state index is 0.446. The number of nitrogens with two attached hydrogens (primary N) is 1. The van der Waals surface area contributed by atoms with E-state index in [1.807, 2.05) is 6.07 Å². The van der Waals surface area contributed by atoms with Gasteiger partial charge in [0.25, 0.3) is 0 Å². The first kappa shape index (κ1) is 10.1. The Balaban J connectivity index is 1.69.